The lowest BCUT2D eigenvalue weighted by Gasteiger charge is -2.07. The van der Waals surface area contributed by atoms with Gasteiger partial charge in [-0.2, -0.15) is 0 Å². The minimum Gasteiger partial charge on any atom is -0.497 e. The van der Waals surface area contributed by atoms with Gasteiger partial charge in [-0.05, 0) is 37.6 Å². The fourth-order valence-electron chi connectivity index (χ4n) is 1.99. The smallest absolute Gasteiger partial charge is 0.118 e. The number of hydrogen-bond donors (Lipinski definition) is 1. The van der Waals surface area contributed by atoms with E-state index in [0.29, 0.717) is 0 Å². The Hall–Kier alpha value is -1.81. The van der Waals surface area contributed by atoms with Gasteiger partial charge in [-0.15, -0.1) is 0 Å². The second kappa shape index (κ2) is 6.95. The topological polar surface area (TPSA) is 39.1 Å². The van der Waals surface area contributed by atoms with E-state index in [1.165, 1.54) is 5.56 Å². The van der Waals surface area contributed by atoms with Crippen LogP contribution in [0.1, 0.15) is 11.4 Å². The van der Waals surface area contributed by atoms with Gasteiger partial charge in [0.1, 0.15) is 11.6 Å². The van der Waals surface area contributed by atoms with Gasteiger partial charge in [-0.25, -0.2) is 4.98 Å². The van der Waals surface area contributed by atoms with Gasteiger partial charge in [0, 0.05) is 25.5 Å². The fourth-order valence-corrected chi connectivity index (χ4v) is 1.99. The van der Waals surface area contributed by atoms with Crippen LogP contribution in [-0.4, -0.2) is 29.8 Å². The zero-order valence-electron chi connectivity index (χ0n) is 11.6. The summed E-state index contributed by atoms with van der Waals surface area (Å²) in [6.07, 6.45) is 4.89. The number of nitrogens with zero attached hydrogens (tertiary/aromatic N) is 2. The van der Waals surface area contributed by atoms with Crippen molar-refractivity contribution in [1.29, 1.82) is 0 Å². The Kier molecular flexibility index (Phi) is 4.98. The van der Waals surface area contributed by atoms with E-state index in [1.807, 2.05) is 31.5 Å². The molecule has 0 fully saturated rings. The lowest BCUT2D eigenvalue weighted by Crippen LogP contribution is -2.22. The number of benzene rings is 1. The van der Waals surface area contributed by atoms with E-state index in [1.54, 1.807) is 7.11 Å². The second-order valence-electron chi connectivity index (χ2n) is 4.52. The lowest BCUT2D eigenvalue weighted by molar-refractivity contribution is 0.414. The molecule has 4 heteroatoms. The van der Waals surface area contributed by atoms with Crippen LogP contribution in [0, 0.1) is 6.92 Å². The van der Waals surface area contributed by atoms with Crippen LogP contribution in [0.4, 0.5) is 0 Å². The Labute approximate surface area is 114 Å². The molecule has 1 N–H and O–H groups in total. The maximum atomic E-state index is 5.14. The highest BCUT2D eigenvalue weighted by atomic mass is 16.5. The first-order chi connectivity index (χ1) is 9.29. The van der Waals surface area contributed by atoms with Crippen molar-refractivity contribution in [2.24, 2.45) is 0 Å². The monoisotopic (exact) mass is 259 g/mol. The van der Waals surface area contributed by atoms with Crippen molar-refractivity contribution in [3.63, 3.8) is 0 Å². The molecule has 0 saturated carbocycles. The zero-order valence-corrected chi connectivity index (χ0v) is 11.6. The molecule has 0 bridgehead atoms. The normalized spacial score (nSPS) is 10.6. The molecule has 2 rings (SSSR count). The molecule has 1 heterocycles. The maximum absolute atomic E-state index is 5.14. The Bertz CT molecular complexity index is 490. The SMILES string of the molecule is COc1ccc(CCNCCn2ccnc2C)cc1. The van der Waals surface area contributed by atoms with Crippen molar-refractivity contribution >= 4 is 0 Å². The summed E-state index contributed by atoms with van der Waals surface area (Å²) in [5, 5.41) is 3.45. The van der Waals surface area contributed by atoms with Crippen LogP contribution in [0.15, 0.2) is 36.7 Å². The maximum Gasteiger partial charge on any atom is 0.118 e. The predicted molar refractivity (Wildman–Crippen MR) is 76.5 cm³/mol. The minimum absolute atomic E-state index is 0.910. The molecule has 0 spiro atoms. The molecule has 2 aromatic rings. The Morgan fingerprint density at radius 3 is 2.63 bits per heavy atom. The van der Waals surface area contributed by atoms with Crippen molar-refractivity contribution in [3.05, 3.63) is 48.0 Å². The molecular weight excluding hydrogens is 238 g/mol. The molecule has 102 valence electrons. The van der Waals surface area contributed by atoms with E-state index in [9.17, 15) is 0 Å². The molecule has 19 heavy (non-hydrogen) atoms. The number of nitrogens with one attached hydrogen (secondary N) is 1. The number of aromatic nitrogens is 2. The van der Waals surface area contributed by atoms with Gasteiger partial charge in [0.05, 0.1) is 7.11 Å². The van der Waals surface area contributed by atoms with Gasteiger partial charge in [-0.1, -0.05) is 12.1 Å². The minimum atomic E-state index is 0.910. The third-order valence-electron chi connectivity index (χ3n) is 3.20. The average Bonchev–Trinajstić information content (AvgIpc) is 2.85. The van der Waals surface area contributed by atoms with Crippen LogP contribution >= 0.6 is 0 Å². The Morgan fingerprint density at radius 1 is 1.21 bits per heavy atom. The van der Waals surface area contributed by atoms with Crippen LogP contribution in [0.2, 0.25) is 0 Å². The average molecular weight is 259 g/mol. The molecule has 0 amide bonds. The molecule has 0 atom stereocenters. The quantitative estimate of drug-likeness (QED) is 0.773. The van der Waals surface area contributed by atoms with Crippen molar-refractivity contribution in [1.82, 2.24) is 14.9 Å². The van der Waals surface area contributed by atoms with Gasteiger partial charge >= 0.3 is 0 Å². The van der Waals surface area contributed by atoms with E-state index >= 15 is 0 Å². The first-order valence-electron chi connectivity index (χ1n) is 6.61. The van der Waals surface area contributed by atoms with E-state index in [0.717, 1.165) is 37.6 Å². The molecule has 0 unspecified atom stereocenters. The molecule has 1 aromatic carbocycles. The second-order valence-corrected chi connectivity index (χ2v) is 4.52. The molecule has 0 aliphatic carbocycles. The first-order valence-corrected chi connectivity index (χ1v) is 6.61. The van der Waals surface area contributed by atoms with Crippen LogP contribution in [0.25, 0.3) is 0 Å². The number of methoxy groups -OCH3 is 1. The number of rotatable bonds is 7. The van der Waals surface area contributed by atoms with Crippen LogP contribution < -0.4 is 10.1 Å². The van der Waals surface area contributed by atoms with E-state index in [-0.39, 0.29) is 0 Å². The van der Waals surface area contributed by atoms with Gasteiger partial charge in [-0.3, -0.25) is 0 Å². The van der Waals surface area contributed by atoms with Gasteiger partial charge in [0.25, 0.3) is 0 Å². The summed E-state index contributed by atoms with van der Waals surface area (Å²) < 4.78 is 7.29. The van der Waals surface area contributed by atoms with Crippen LogP contribution in [0.5, 0.6) is 5.75 Å². The van der Waals surface area contributed by atoms with Gasteiger partial charge < -0.3 is 14.6 Å². The molecule has 0 saturated heterocycles. The summed E-state index contributed by atoms with van der Waals surface area (Å²) in [4.78, 5) is 4.20. The summed E-state index contributed by atoms with van der Waals surface area (Å²) in [6.45, 7) is 4.94. The van der Waals surface area contributed by atoms with Crippen molar-refractivity contribution in [2.45, 2.75) is 19.9 Å². The van der Waals surface area contributed by atoms with E-state index < -0.39 is 0 Å². The third kappa shape index (κ3) is 4.10. The summed E-state index contributed by atoms with van der Waals surface area (Å²) in [6, 6.07) is 8.23. The largest absolute Gasteiger partial charge is 0.497 e. The zero-order chi connectivity index (χ0) is 13.5. The number of imidazole rings is 1. The summed E-state index contributed by atoms with van der Waals surface area (Å²) in [5.74, 6) is 1.98. The van der Waals surface area contributed by atoms with E-state index in [2.05, 4.69) is 27.0 Å². The predicted octanol–water partition coefficient (Wildman–Crippen LogP) is 2.03. The molecule has 4 nitrogen and oxygen atoms in total. The summed E-state index contributed by atoms with van der Waals surface area (Å²) in [5.41, 5.74) is 1.33. The van der Waals surface area contributed by atoms with Crippen molar-refractivity contribution in [3.8, 4) is 5.75 Å². The van der Waals surface area contributed by atoms with Crippen molar-refractivity contribution < 1.29 is 4.74 Å². The van der Waals surface area contributed by atoms with Crippen molar-refractivity contribution in [2.75, 3.05) is 20.2 Å². The van der Waals surface area contributed by atoms with Gasteiger partial charge in [0.15, 0.2) is 0 Å². The highest BCUT2D eigenvalue weighted by molar-refractivity contribution is 5.27. The highest BCUT2D eigenvalue weighted by Crippen LogP contribution is 2.11. The standard InChI is InChI=1S/C15H21N3O/c1-13-17-10-12-18(13)11-9-16-8-7-14-3-5-15(19-2)6-4-14/h3-6,10,12,16H,7-9,11H2,1-2H3. The molecule has 1 aromatic heterocycles. The third-order valence-corrected chi connectivity index (χ3v) is 3.20. The van der Waals surface area contributed by atoms with E-state index in [4.69, 9.17) is 4.74 Å². The number of hydrogen-bond acceptors (Lipinski definition) is 3. The first kappa shape index (κ1) is 13.6. The lowest BCUT2D eigenvalue weighted by atomic mass is 10.1. The summed E-state index contributed by atoms with van der Waals surface area (Å²) in [7, 11) is 1.69. The molecular formula is C15H21N3O. The van der Waals surface area contributed by atoms with Crippen LogP contribution in [0.3, 0.4) is 0 Å². The fraction of sp³-hybridized carbons (Fsp3) is 0.400. The molecule has 0 radical (unpaired) electrons. The number of ether oxygens (including phenoxy) is 1. The summed E-state index contributed by atoms with van der Waals surface area (Å²) >= 11 is 0. The Morgan fingerprint density at radius 2 is 2.00 bits per heavy atom. The van der Waals surface area contributed by atoms with Gasteiger partial charge in [0.2, 0.25) is 0 Å². The molecule has 0 aliphatic rings. The number of aryl methyl sites for hydroxylation is 1. The van der Waals surface area contributed by atoms with Crippen LogP contribution in [-0.2, 0) is 13.0 Å². The Balaban J connectivity index is 1.65. The highest BCUT2D eigenvalue weighted by Gasteiger charge is 1.97. The molecule has 0 aliphatic heterocycles.